The number of nitrogens with zero attached hydrogens (tertiary/aromatic N) is 2. The van der Waals surface area contributed by atoms with Crippen molar-refractivity contribution in [2.75, 3.05) is 32.7 Å². The fourth-order valence-corrected chi connectivity index (χ4v) is 3.34. The molecule has 1 aliphatic heterocycles. The topological polar surface area (TPSA) is 43.8 Å². The summed E-state index contributed by atoms with van der Waals surface area (Å²) in [4.78, 5) is 16.4. The van der Waals surface area contributed by atoms with Gasteiger partial charge in [0.1, 0.15) is 0 Å². The molecule has 0 aromatic carbocycles. The van der Waals surface area contributed by atoms with Gasteiger partial charge in [0.25, 0.3) is 0 Å². The van der Waals surface area contributed by atoms with Crippen LogP contribution in [-0.2, 0) is 4.79 Å². The molecule has 1 amide bonds. The first-order chi connectivity index (χ1) is 9.15. The van der Waals surface area contributed by atoms with E-state index in [1.165, 1.54) is 25.7 Å². The summed E-state index contributed by atoms with van der Waals surface area (Å²) in [5, 5.41) is 9.36. The van der Waals surface area contributed by atoms with Gasteiger partial charge in [-0.15, -0.1) is 0 Å². The van der Waals surface area contributed by atoms with Gasteiger partial charge in [0.2, 0.25) is 5.91 Å². The predicted octanol–water partition coefficient (Wildman–Crippen LogP) is 1.48. The summed E-state index contributed by atoms with van der Waals surface area (Å²) in [6.07, 6.45) is 6.93. The molecule has 0 aromatic rings. The molecule has 2 aliphatic rings. The molecule has 1 aliphatic carbocycles. The Morgan fingerprint density at radius 1 is 1.21 bits per heavy atom. The van der Waals surface area contributed by atoms with Gasteiger partial charge >= 0.3 is 0 Å². The molecule has 1 atom stereocenters. The maximum atomic E-state index is 12.1. The van der Waals surface area contributed by atoms with Gasteiger partial charge in [0.15, 0.2) is 0 Å². The van der Waals surface area contributed by atoms with Crippen molar-refractivity contribution in [1.82, 2.24) is 9.80 Å². The van der Waals surface area contributed by atoms with E-state index in [2.05, 4.69) is 4.90 Å². The molecule has 4 nitrogen and oxygen atoms in total. The Morgan fingerprint density at radius 3 is 2.42 bits per heavy atom. The van der Waals surface area contributed by atoms with Crippen molar-refractivity contribution < 1.29 is 9.90 Å². The lowest BCUT2D eigenvalue weighted by Gasteiger charge is -2.35. The average Bonchev–Trinajstić information content (AvgIpc) is 2.89. The Bertz CT molecular complexity index is 280. The van der Waals surface area contributed by atoms with Gasteiger partial charge < -0.3 is 10.0 Å². The molecule has 2 rings (SSSR count). The van der Waals surface area contributed by atoms with Crippen LogP contribution in [0.2, 0.25) is 0 Å². The number of amides is 1. The molecule has 0 radical (unpaired) electrons. The predicted molar refractivity (Wildman–Crippen MR) is 75.9 cm³/mol. The monoisotopic (exact) mass is 268 g/mol. The largest absolute Gasteiger partial charge is 0.392 e. The maximum absolute atomic E-state index is 12.1. The van der Waals surface area contributed by atoms with Gasteiger partial charge in [-0.1, -0.05) is 25.7 Å². The van der Waals surface area contributed by atoms with E-state index < -0.39 is 0 Å². The summed E-state index contributed by atoms with van der Waals surface area (Å²) >= 11 is 0. The molecule has 1 saturated heterocycles. The van der Waals surface area contributed by atoms with Crippen molar-refractivity contribution in [1.29, 1.82) is 0 Å². The van der Waals surface area contributed by atoms with Crippen molar-refractivity contribution in [3.8, 4) is 0 Å². The van der Waals surface area contributed by atoms with Crippen LogP contribution in [0.5, 0.6) is 0 Å². The van der Waals surface area contributed by atoms with Crippen LogP contribution in [-0.4, -0.2) is 59.6 Å². The van der Waals surface area contributed by atoms with Gasteiger partial charge in [-0.05, 0) is 19.3 Å². The SMILES string of the molecule is CC(O)CN1CCN(C(=O)CCC2CCCC2)CC1. The Kier molecular flexibility index (Phi) is 5.64. The average molecular weight is 268 g/mol. The second-order valence-corrected chi connectivity index (χ2v) is 6.22. The normalized spacial score (nSPS) is 23.8. The molecule has 0 aromatic heterocycles. The number of β-amino-alcohol motifs (C(OH)–C–C–N with tert-alkyl or cyclic N) is 1. The van der Waals surface area contributed by atoms with Crippen molar-refractivity contribution in [2.24, 2.45) is 5.92 Å². The molecule has 1 saturated carbocycles. The molecular formula is C15H28N2O2. The van der Waals surface area contributed by atoms with Crippen LogP contribution < -0.4 is 0 Å². The number of piperazine rings is 1. The number of aliphatic hydroxyl groups is 1. The fraction of sp³-hybridized carbons (Fsp3) is 0.933. The van der Waals surface area contributed by atoms with E-state index >= 15 is 0 Å². The van der Waals surface area contributed by atoms with E-state index in [1.54, 1.807) is 0 Å². The summed E-state index contributed by atoms with van der Waals surface area (Å²) in [5.41, 5.74) is 0. The second kappa shape index (κ2) is 7.25. The van der Waals surface area contributed by atoms with Crippen molar-refractivity contribution in [3.63, 3.8) is 0 Å². The Labute approximate surface area is 116 Å². The highest BCUT2D eigenvalue weighted by Gasteiger charge is 2.23. The number of hydrogen-bond acceptors (Lipinski definition) is 3. The highest BCUT2D eigenvalue weighted by atomic mass is 16.3. The molecule has 110 valence electrons. The van der Waals surface area contributed by atoms with E-state index in [-0.39, 0.29) is 6.10 Å². The molecule has 1 unspecified atom stereocenters. The van der Waals surface area contributed by atoms with Crippen LogP contribution in [0.4, 0.5) is 0 Å². The van der Waals surface area contributed by atoms with Crippen molar-refractivity contribution >= 4 is 5.91 Å². The quantitative estimate of drug-likeness (QED) is 0.821. The van der Waals surface area contributed by atoms with Crippen LogP contribution in [0.25, 0.3) is 0 Å². The molecule has 1 heterocycles. The number of hydrogen-bond donors (Lipinski definition) is 1. The van der Waals surface area contributed by atoms with Gasteiger partial charge in [-0.25, -0.2) is 0 Å². The Balaban J connectivity index is 1.64. The molecule has 2 fully saturated rings. The molecular weight excluding hydrogens is 240 g/mol. The van der Waals surface area contributed by atoms with E-state index in [4.69, 9.17) is 0 Å². The highest BCUT2D eigenvalue weighted by Crippen LogP contribution is 2.28. The molecule has 4 heteroatoms. The van der Waals surface area contributed by atoms with E-state index in [9.17, 15) is 9.90 Å². The summed E-state index contributed by atoms with van der Waals surface area (Å²) < 4.78 is 0. The number of carbonyl (C=O) groups excluding carboxylic acids is 1. The zero-order valence-electron chi connectivity index (χ0n) is 12.2. The van der Waals surface area contributed by atoms with E-state index in [0.717, 1.165) is 51.5 Å². The van der Waals surface area contributed by atoms with E-state index in [1.807, 2.05) is 11.8 Å². The molecule has 19 heavy (non-hydrogen) atoms. The standard InChI is InChI=1S/C15H28N2O2/c1-13(18)12-16-8-10-17(11-9-16)15(19)7-6-14-4-2-3-5-14/h13-14,18H,2-12H2,1H3. The van der Waals surface area contributed by atoms with Gasteiger partial charge in [0, 0.05) is 39.1 Å². The lowest BCUT2D eigenvalue weighted by molar-refractivity contribution is -0.133. The Morgan fingerprint density at radius 2 is 1.84 bits per heavy atom. The van der Waals surface area contributed by atoms with Crippen LogP contribution in [0.1, 0.15) is 45.4 Å². The first-order valence-electron chi connectivity index (χ1n) is 7.83. The van der Waals surface area contributed by atoms with Crippen LogP contribution in [0.3, 0.4) is 0 Å². The van der Waals surface area contributed by atoms with E-state index in [0.29, 0.717) is 5.91 Å². The number of carbonyl (C=O) groups is 1. The minimum absolute atomic E-state index is 0.274. The molecule has 1 N–H and O–H groups in total. The lowest BCUT2D eigenvalue weighted by atomic mass is 10.0. The third-order valence-corrected chi connectivity index (χ3v) is 4.49. The van der Waals surface area contributed by atoms with Gasteiger partial charge in [-0.2, -0.15) is 0 Å². The Hall–Kier alpha value is -0.610. The summed E-state index contributed by atoms with van der Waals surface area (Å²) in [6.45, 7) is 6.01. The van der Waals surface area contributed by atoms with Crippen LogP contribution in [0, 0.1) is 5.92 Å². The summed E-state index contributed by atoms with van der Waals surface area (Å²) in [7, 11) is 0. The first kappa shape index (κ1) is 14.8. The zero-order chi connectivity index (χ0) is 13.7. The third kappa shape index (κ3) is 4.77. The lowest BCUT2D eigenvalue weighted by Crippen LogP contribution is -2.50. The van der Waals surface area contributed by atoms with Crippen LogP contribution >= 0.6 is 0 Å². The van der Waals surface area contributed by atoms with Gasteiger partial charge in [-0.3, -0.25) is 9.69 Å². The first-order valence-corrected chi connectivity index (χ1v) is 7.83. The minimum atomic E-state index is -0.274. The van der Waals surface area contributed by atoms with Crippen molar-refractivity contribution in [3.05, 3.63) is 0 Å². The molecule has 0 bridgehead atoms. The molecule has 0 spiro atoms. The zero-order valence-corrected chi connectivity index (χ0v) is 12.2. The second-order valence-electron chi connectivity index (χ2n) is 6.22. The fourth-order valence-electron chi connectivity index (χ4n) is 3.34. The highest BCUT2D eigenvalue weighted by molar-refractivity contribution is 5.76. The van der Waals surface area contributed by atoms with Crippen molar-refractivity contribution in [2.45, 2.75) is 51.6 Å². The van der Waals surface area contributed by atoms with Gasteiger partial charge in [0.05, 0.1) is 6.10 Å². The number of aliphatic hydroxyl groups excluding tert-OH is 1. The third-order valence-electron chi connectivity index (χ3n) is 4.49. The number of rotatable bonds is 5. The summed E-state index contributed by atoms with van der Waals surface area (Å²) in [6, 6.07) is 0. The van der Waals surface area contributed by atoms with Crippen LogP contribution in [0.15, 0.2) is 0 Å². The summed E-state index contributed by atoms with van der Waals surface area (Å²) in [5.74, 6) is 1.14. The maximum Gasteiger partial charge on any atom is 0.222 e. The minimum Gasteiger partial charge on any atom is -0.392 e. The smallest absolute Gasteiger partial charge is 0.222 e.